The number of carbonyl (C=O) groups is 1. The van der Waals surface area contributed by atoms with Gasteiger partial charge in [-0.3, -0.25) is 14.9 Å². The minimum absolute atomic E-state index is 0.110. The number of nitro groups is 1. The number of piperidine rings is 1. The number of methoxy groups -OCH3 is 1. The van der Waals surface area contributed by atoms with Crippen LogP contribution in [-0.2, 0) is 14.8 Å². The highest BCUT2D eigenvalue weighted by Crippen LogP contribution is 2.32. The zero-order valence-corrected chi connectivity index (χ0v) is 19.1. The number of amides is 1. The van der Waals surface area contributed by atoms with E-state index in [1.54, 1.807) is 18.2 Å². The van der Waals surface area contributed by atoms with Gasteiger partial charge in [0.05, 0.1) is 12.0 Å². The number of nitrogens with zero attached hydrogens (tertiary/aromatic N) is 2. The molecule has 1 aliphatic rings. The number of hydrogen-bond acceptors (Lipinski definition) is 6. The fraction of sp³-hybridized carbons (Fsp3) is 0.409. The molecule has 2 aromatic carbocycles. The van der Waals surface area contributed by atoms with Gasteiger partial charge in [0.15, 0.2) is 0 Å². The van der Waals surface area contributed by atoms with Crippen molar-refractivity contribution in [3.8, 4) is 5.75 Å². The van der Waals surface area contributed by atoms with Crippen LogP contribution in [0, 0.1) is 16.0 Å². The van der Waals surface area contributed by atoms with Crippen molar-refractivity contribution in [1.29, 1.82) is 0 Å². The molecule has 0 spiro atoms. The normalized spacial score (nSPS) is 15.5. The standard InChI is InChI=1S/C22H27N3O6S/c1-15(2)17-7-8-20(31-3)21(13-17)32(29,30)24-11-9-16(10-12-24)22(26)23-18-5-4-6-19(14-18)25(27)28/h4-8,13-16H,9-12H2,1-3H3,(H,23,26). The van der Waals surface area contributed by atoms with Crippen LogP contribution in [0.15, 0.2) is 47.4 Å². The Morgan fingerprint density at radius 2 is 1.88 bits per heavy atom. The highest BCUT2D eigenvalue weighted by atomic mass is 32.2. The lowest BCUT2D eigenvalue weighted by Gasteiger charge is -2.31. The zero-order valence-electron chi connectivity index (χ0n) is 18.3. The Hall–Kier alpha value is -2.98. The van der Waals surface area contributed by atoms with Crippen molar-refractivity contribution in [2.75, 3.05) is 25.5 Å². The topological polar surface area (TPSA) is 119 Å². The molecule has 1 heterocycles. The molecule has 172 valence electrons. The van der Waals surface area contributed by atoms with E-state index in [4.69, 9.17) is 4.74 Å². The van der Waals surface area contributed by atoms with E-state index in [0.717, 1.165) is 5.56 Å². The molecular weight excluding hydrogens is 434 g/mol. The molecule has 0 aromatic heterocycles. The van der Waals surface area contributed by atoms with Crippen molar-refractivity contribution in [3.63, 3.8) is 0 Å². The SMILES string of the molecule is COc1ccc(C(C)C)cc1S(=O)(=O)N1CCC(C(=O)Nc2cccc([N+](=O)[O-])c2)CC1. The molecule has 3 rings (SSSR count). The van der Waals surface area contributed by atoms with Crippen LogP contribution in [0.1, 0.15) is 38.2 Å². The predicted octanol–water partition coefficient (Wildman–Crippen LogP) is 3.77. The van der Waals surface area contributed by atoms with E-state index in [1.165, 1.54) is 29.6 Å². The number of sulfonamides is 1. The minimum Gasteiger partial charge on any atom is -0.495 e. The summed E-state index contributed by atoms with van der Waals surface area (Å²) in [6, 6.07) is 10.9. The van der Waals surface area contributed by atoms with Gasteiger partial charge in [-0.15, -0.1) is 0 Å². The summed E-state index contributed by atoms with van der Waals surface area (Å²) in [6.07, 6.45) is 0.707. The maximum atomic E-state index is 13.3. The second-order valence-electron chi connectivity index (χ2n) is 8.04. The molecule has 2 aromatic rings. The number of rotatable bonds is 7. The van der Waals surface area contributed by atoms with Gasteiger partial charge >= 0.3 is 0 Å². The third-order valence-corrected chi connectivity index (χ3v) is 7.54. The Morgan fingerprint density at radius 3 is 2.47 bits per heavy atom. The number of non-ortho nitro benzene ring substituents is 1. The van der Waals surface area contributed by atoms with Crippen LogP contribution in [0.4, 0.5) is 11.4 Å². The van der Waals surface area contributed by atoms with Crippen LogP contribution in [0.3, 0.4) is 0 Å². The molecule has 0 aliphatic carbocycles. The van der Waals surface area contributed by atoms with Gasteiger partial charge in [-0.2, -0.15) is 4.31 Å². The summed E-state index contributed by atoms with van der Waals surface area (Å²) < 4.78 is 33.3. The summed E-state index contributed by atoms with van der Waals surface area (Å²) in [5, 5.41) is 13.6. The summed E-state index contributed by atoms with van der Waals surface area (Å²) in [5.41, 5.74) is 1.13. The van der Waals surface area contributed by atoms with Crippen LogP contribution >= 0.6 is 0 Å². The molecule has 1 fully saturated rings. The predicted molar refractivity (Wildman–Crippen MR) is 120 cm³/mol. The molecule has 10 heteroatoms. The molecule has 0 radical (unpaired) electrons. The van der Waals surface area contributed by atoms with Gasteiger partial charge in [-0.25, -0.2) is 8.42 Å². The summed E-state index contributed by atoms with van der Waals surface area (Å²) >= 11 is 0. The van der Waals surface area contributed by atoms with E-state index in [2.05, 4.69) is 5.32 Å². The van der Waals surface area contributed by atoms with Gasteiger partial charge < -0.3 is 10.1 Å². The minimum atomic E-state index is -3.78. The number of hydrogen-bond donors (Lipinski definition) is 1. The Morgan fingerprint density at radius 1 is 1.19 bits per heavy atom. The second kappa shape index (κ2) is 9.66. The number of nitro benzene ring substituents is 1. The van der Waals surface area contributed by atoms with Crippen molar-refractivity contribution in [1.82, 2.24) is 4.31 Å². The quantitative estimate of drug-likeness (QED) is 0.495. The molecule has 0 saturated carbocycles. The van der Waals surface area contributed by atoms with Crippen molar-refractivity contribution in [2.45, 2.75) is 37.5 Å². The zero-order chi connectivity index (χ0) is 23.5. The molecule has 32 heavy (non-hydrogen) atoms. The fourth-order valence-electron chi connectivity index (χ4n) is 3.69. The van der Waals surface area contributed by atoms with E-state index in [-0.39, 0.29) is 41.4 Å². The third-order valence-electron chi connectivity index (χ3n) is 5.62. The van der Waals surface area contributed by atoms with E-state index in [1.807, 2.05) is 19.9 Å². The molecule has 9 nitrogen and oxygen atoms in total. The van der Waals surface area contributed by atoms with Crippen molar-refractivity contribution in [3.05, 3.63) is 58.1 Å². The average Bonchev–Trinajstić information content (AvgIpc) is 2.78. The molecule has 1 N–H and O–H groups in total. The Labute approximate surface area is 187 Å². The van der Waals surface area contributed by atoms with Gasteiger partial charge in [-0.05, 0) is 42.5 Å². The lowest BCUT2D eigenvalue weighted by Crippen LogP contribution is -2.41. The van der Waals surface area contributed by atoms with Gasteiger partial charge in [0.1, 0.15) is 10.6 Å². The Bertz CT molecular complexity index is 1110. The van der Waals surface area contributed by atoms with Gasteiger partial charge in [0.25, 0.3) is 5.69 Å². The van der Waals surface area contributed by atoms with Crippen LogP contribution in [0.25, 0.3) is 0 Å². The summed E-state index contributed by atoms with van der Waals surface area (Å²) in [6.45, 7) is 4.38. The van der Waals surface area contributed by atoms with E-state index < -0.39 is 14.9 Å². The molecule has 1 amide bonds. The smallest absolute Gasteiger partial charge is 0.271 e. The van der Waals surface area contributed by atoms with Crippen molar-refractivity contribution >= 4 is 27.3 Å². The number of carbonyl (C=O) groups excluding carboxylic acids is 1. The van der Waals surface area contributed by atoms with E-state index in [9.17, 15) is 23.3 Å². The summed E-state index contributed by atoms with van der Waals surface area (Å²) in [7, 11) is -2.34. The first kappa shape index (κ1) is 23.7. The Balaban J connectivity index is 1.70. The number of nitrogens with one attached hydrogen (secondary N) is 1. The van der Waals surface area contributed by atoms with E-state index in [0.29, 0.717) is 24.3 Å². The number of benzene rings is 2. The number of ether oxygens (including phenoxy) is 1. The molecule has 0 unspecified atom stereocenters. The number of anilines is 1. The lowest BCUT2D eigenvalue weighted by atomic mass is 9.97. The van der Waals surface area contributed by atoms with Gasteiger partial charge in [-0.1, -0.05) is 26.0 Å². The molecule has 1 aliphatic heterocycles. The maximum absolute atomic E-state index is 13.3. The largest absolute Gasteiger partial charge is 0.495 e. The van der Waals surface area contributed by atoms with E-state index >= 15 is 0 Å². The summed E-state index contributed by atoms with van der Waals surface area (Å²) in [5.74, 6) is -0.204. The van der Waals surface area contributed by atoms with Crippen LogP contribution in [-0.4, -0.2) is 43.8 Å². The third kappa shape index (κ3) is 5.08. The fourth-order valence-corrected chi connectivity index (χ4v) is 5.35. The average molecular weight is 462 g/mol. The van der Waals surface area contributed by atoms with Crippen molar-refractivity contribution in [2.24, 2.45) is 5.92 Å². The highest BCUT2D eigenvalue weighted by Gasteiger charge is 2.34. The van der Waals surface area contributed by atoms with Crippen LogP contribution in [0.5, 0.6) is 5.75 Å². The van der Waals surface area contributed by atoms with Gasteiger partial charge in [0.2, 0.25) is 15.9 Å². The molecule has 0 atom stereocenters. The maximum Gasteiger partial charge on any atom is 0.271 e. The van der Waals surface area contributed by atoms with Crippen molar-refractivity contribution < 1.29 is 22.9 Å². The van der Waals surface area contributed by atoms with Crippen LogP contribution < -0.4 is 10.1 Å². The molecular formula is C22H27N3O6S. The molecule has 1 saturated heterocycles. The highest BCUT2D eigenvalue weighted by molar-refractivity contribution is 7.89. The van der Waals surface area contributed by atoms with Gasteiger partial charge in [0, 0.05) is 36.8 Å². The lowest BCUT2D eigenvalue weighted by molar-refractivity contribution is -0.384. The Kier molecular flexibility index (Phi) is 7.15. The molecule has 0 bridgehead atoms. The first-order chi connectivity index (χ1) is 15.1. The first-order valence-electron chi connectivity index (χ1n) is 10.4. The van der Waals surface area contributed by atoms with Crippen LogP contribution in [0.2, 0.25) is 0 Å². The monoisotopic (exact) mass is 461 g/mol. The summed E-state index contributed by atoms with van der Waals surface area (Å²) in [4.78, 5) is 23.1. The second-order valence-corrected chi connectivity index (χ2v) is 9.95. The first-order valence-corrected chi connectivity index (χ1v) is 11.8.